The Morgan fingerprint density at radius 2 is 1.08 bits per heavy atom. The lowest BCUT2D eigenvalue weighted by atomic mass is 9.97. The molecule has 0 aliphatic carbocycles. The van der Waals surface area contributed by atoms with Gasteiger partial charge in [-0.15, -0.1) is 0 Å². The number of benzene rings is 10. The van der Waals surface area contributed by atoms with Crippen LogP contribution >= 0.6 is 0 Å². The Morgan fingerprint density at radius 1 is 0.444 bits per heavy atom. The third-order valence-corrected chi connectivity index (χ3v) is 13.0. The second-order valence-corrected chi connectivity index (χ2v) is 16.6. The zero-order valence-electron chi connectivity index (χ0n) is 34.4. The van der Waals surface area contributed by atoms with E-state index in [0.717, 1.165) is 66.5 Å². The molecule has 5 heteroatoms. The van der Waals surface area contributed by atoms with Crippen molar-refractivity contribution in [1.82, 2.24) is 9.47 Å². The van der Waals surface area contributed by atoms with Crippen LogP contribution in [0.15, 0.2) is 221 Å². The van der Waals surface area contributed by atoms with Gasteiger partial charge in [0.2, 0.25) is 0 Å². The molecule has 13 rings (SSSR count). The maximum absolute atomic E-state index is 6.78. The molecule has 63 heavy (non-hydrogen) atoms. The van der Waals surface area contributed by atoms with Crippen molar-refractivity contribution in [2.24, 2.45) is 9.98 Å². The first-order valence-electron chi connectivity index (χ1n) is 21.5. The zero-order chi connectivity index (χ0) is 41.6. The molecule has 0 fully saturated rings. The van der Waals surface area contributed by atoms with Gasteiger partial charge >= 0.3 is 0 Å². The van der Waals surface area contributed by atoms with Gasteiger partial charge in [0.15, 0.2) is 12.0 Å². The highest BCUT2D eigenvalue weighted by Gasteiger charge is 2.30. The predicted octanol–water partition coefficient (Wildman–Crippen LogP) is 14.6. The lowest BCUT2D eigenvalue weighted by Gasteiger charge is -2.32. The van der Waals surface area contributed by atoms with Gasteiger partial charge in [0.25, 0.3) is 0 Å². The minimum atomic E-state index is -0.388. The molecule has 10 aromatic carbocycles. The van der Waals surface area contributed by atoms with Crippen molar-refractivity contribution < 1.29 is 4.42 Å². The molecular weight excluding hydrogens is 769 g/mol. The molecule has 12 aromatic rings. The molecule has 1 aliphatic heterocycles. The third-order valence-electron chi connectivity index (χ3n) is 13.0. The molecule has 1 unspecified atom stereocenters. The van der Waals surface area contributed by atoms with Gasteiger partial charge in [0, 0.05) is 56.1 Å². The second kappa shape index (κ2) is 13.9. The number of hydrogen-bond donors (Lipinski definition) is 0. The van der Waals surface area contributed by atoms with Crippen LogP contribution in [0, 0.1) is 0 Å². The molecule has 2 aromatic heterocycles. The van der Waals surface area contributed by atoms with E-state index in [4.69, 9.17) is 14.4 Å². The standard InChI is InChI=1S/C58H38N4O/c1-61-57(40-17-6-3-7-18-40)59-56(39-28-26-37(27-29-39)36-14-4-2-5-15-36)60-58(61)47-23-13-25-51-54(47)53-45-22-12-24-49(44(45)32-33-52(53)63-51)62-50-35-42-20-9-8-19-41(42)34-48(50)46-31-30-38-16-10-11-21-43(38)55(46)62/h2-35,58H,1H3. The fourth-order valence-corrected chi connectivity index (χ4v) is 10.0. The van der Waals surface area contributed by atoms with Crippen LogP contribution in [0.3, 0.4) is 0 Å². The highest BCUT2D eigenvalue weighted by molar-refractivity contribution is 6.24. The summed E-state index contributed by atoms with van der Waals surface area (Å²) < 4.78 is 9.27. The van der Waals surface area contributed by atoms with E-state index >= 15 is 0 Å². The first kappa shape index (κ1) is 35.5. The minimum Gasteiger partial charge on any atom is -0.456 e. The average Bonchev–Trinajstić information content (AvgIpc) is 3.90. The molecule has 0 radical (unpaired) electrons. The summed E-state index contributed by atoms with van der Waals surface area (Å²) >= 11 is 0. The first-order valence-corrected chi connectivity index (χ1v) is 21.5. The van der Waals surface area contributed by atoms with Crippen LogP contribution in [-0.4, -0.2) is 28.2 Å². The van der Waals surface area contributed by atoms with E-state index in [0.29, 0.717) is 5.84 Å². The SMILES string of the molecule is CN1C(c2ccccc2)=NC(c2ccc(-c3ccccc3)cc2)=NC1c1cccc2oc3ccc4c(-n5c6cc7ccccc7cc6c6ccc7ccccc7c65)cccc4c3c12. The highest BCUT2D eigenvalue weighted by atomic mass is 16.3. The number of amidine groups is 2. The van der Waals surface area contributed by atoms with E-state index in [9.17, 15) is 0 Å². The maximum Gasteiger partial charge on any atom is 0.159 e. The lowest BCUT2D eigenvalue weighted by molar-refractivity contribution is 0.385. The summed E-state index contributed by atoms with van der Waals surface area (Å²) in [5.74, 6) is 1.56. The van der Waals surface area contributed by atoms with Crippen LogP contribution in [0.5, 0.6) is 0 Å². The number of furan rings is 1. The number of rotatable bonds is 5. The van der Waals surface area contributed by atoms with Gasteiger partial charge in [0.1, 0.15) is 17.0 Å². The van der Waals surface area contributed by atoms with E-state index in [1.54, 1.807) is 0 Å². The molecule has 0 spiro atoms. The Morgan fingerprint density at radius 3 is 1.89 bits per heavy atom. The Bertz CT molecular complexity index is 3860. The fourth-order valence-electron chi connectivity index (χ4n) is 10.0. The van der Waals surface area contributed by atoms with E-state index in [2.05, 4.69) is 211 Å². The molecule has 0 saturated heterocycles. The molecule has 3 heterocycles. The molecule has 0 saturated carbocycles. The zero-order valence-corrected chi connectivity index (χ0v) is 34.4. The Hall–Kier alpha value is -8.28. The highest BCUT2D eigenvalue weighted by Crippen LogP contribution is 2.44. The maximum atomic E-state index is 6.78. The van der Waals surface area contributed by atoms with Gasteiger partial charge < -0.3 is 13.9 Å². The lowest BCUT2D eigenvalue weighted by Crippen LogP contribution is -2.35. The molecule has 0 N–H and O–H groups in total. The van der Waals surface area contributed by atoms with Crippen LogP contribution in [0.4, 0.5) is 0 Å². The number of aliphatic imine (C=N–C) groups is 2. The number of nitrogens with zero attached hydrogens (tertiary/aromatic N) is 4. The molecule has 296 valence electrons. The Kier molecular flexibility index (Phi) is 7.81. The van der Waals surface area contributed by atoms with E-state index in [-0.39, 0.29) is 6.17 Å². The summed E-state index contributed by atoms with van der Waals surface area (Å²) in [4.78, 5) is 12.9. The van der Waals surface area contributed by atoms with E-state index < -0.39 is 0 Å². The summed E-state index contributed by atoms with van der Waals surface area (Å²) in [6.07, 6.45) is -0.388. The van der Waals surface area contributed by atoms with Crippen LogP contribution in [0.2, 0.25) is 0 Å². The van der Waals surface area contributed by atoms with Gasteiger partial charge in [-0.3, -0.25) is 0 Å². The van der Waals surface area contributed by atoms with Crippen molar-refractivity contribution in [3.05, 3.63) is 223 Å². The van der Waals surface area contributed by atoms with Crippen molar-refractivity contribution >= 4 is 87.7 Å². The van der Waals surface area contributed by atoms with Crippen LogP contribution in [-0.2, 0) is 0 Å². The van der Waals surface area contributed by atoms with Gasteiger partial charge in [-0.05, 0) is 69.1 Å². The van der Waals surface area contributed by atoms with Gasteiger partial charge in [-0.2, -0.15) is 0 Å². The predicted molar refractivity (Wildman–Crippen MR) is 262 cm³/mol. The van der Waals surface area contributed by atoms with Gasteiger partial charge in [0.05, 0.1) is 16.7 Å². The van der Waals surface area contributed by atoms with E-state index in [1.807, 2.05) is 12.1 Å². The van der Waals surface area contributed by atoms with E-state index in [1.165, 1.54) is 48.9 Å². The monoisotopic (exact) mass is 806 g/mol. The van der Waals surface area contributed by atoms with Crippen molar-refractivity contribution in [2.45, 2.75) is 6.17 Å². The molecule has 0 amide bonds. The molecule has 1 atom stereocenters. The molecule has 5 nitrogen and oxygen atoms in total. The number of fused-ring (bicyclic) bond motifs is 11. The van der Waals surface area contributed by atoms with Gasteiger partial charge in [-0.25, -0.2) is 9.98 Å². The number of hydrogen-bond acceptors (Lipinski definition) is 4. The Balaban J connectivity index is 1.05. The fraction of sp³-hybridized carbons (Fsp3) is 0.0345. The van der Waals surface area contributed by atoms with Crippen molar-refractivity contribution in [3.8, 4) is 16.8 Å². The van der Waals surface area contributed by atoms with Crippen molar-refractivity contribution in [1.29, 1.82) is 0 Å². The summed E-state index contributed by atoms with van der Waals surface area (Å²) in [5.41, 5.74) is 10.6. The van der Waals surface area contributed by atoms with Crippen LogP contribution in [0.25, 0.3) is 92.9 Å². The van der Waals surface area contributed by atoms with Crippen molar-refractivity contribution in [3.63, 3.8) is 0 Å². The largest absolute Gasteiger partial charge is 0.456 e. The first-order chi connectivity index (χ1) is 31.2. The smallest absolute Gasteiger partial charge is 0.159 e. The molecule has 1 aliphatic rings. The summed E-state index contributed by atoms with van der Waals surface area (Å²) in [6, 6.07) is 73.7. The normalized spacial score (nSPS) is 14.4. The van der Waals surface area contributed by atoms with Crippen LogP contribution in [0.1, 0.15) is 22.9 Å². The summed E-state index contributed by atoms with van der Waals surface area (Å²) in [5, 5.41) is 11.8. The van der Waals surface area contributed by atoms with Crippen molar-refractivity contribution in [2.75, 3.05) is 7.05 Å². The summed E-state index contributed by atoms with van der Waals surface area (Å²) in [6.45, 7) is 0. The summed E-state index contributed by atoms with van der Waals surface area (Å²) in [7, 11) is 2.10. The van der Waals surface area contributed by atoms with Crippen LogP contribution < -0.4 is 0 Å². The minimum absolute atomic E-state index is 0.388. The second-order valence-electron chi connectivity index (χ2n) is 16.6. The average molecular weight is 807 g/mol. The number of aromatic nitrogens is 1. The quantitative estimate of drug-likeness (QED) is 0.174. The molecule has 0 bridgehead atoms. The topological polar surface area (TPSA) is 46.0 Å². The third kappa shape index (κ3) is 5.49. The Labute approximate surface area is 363 Å². The molecular formula is C58H38N4O. The van der Waals surface area contributed by atoms with Gasteiger partial charge in [-0.1, -0.05) is 170 Å².